The van der Waals surface area contributed by atoms with Gasteiger partial charge in [0, 0.05) is 12.2 Å². The van der Waals surface area contributed by atoms with Crippen LogP contribution in [0.3, 0.4) is 0 Å². The quantitative estimate of drug-likeness (QED) is 0.934. The predicted molar refractivity (Wildman–Crippen MR) is 75.5 cm³/mol. The van der Waals surface area contributed by atoms with Crippen molar-refractivity contribution in [2.75, 3.05) is 19.4 Å². The highest BCUT2D eigenvalue weighted by molar-refractivity contribution is 6.29. The summed E-state index contributed by atoms with van der Waals surface area (Å²) >= 11 is 5.65. The second-order valence-corrected chi connectivity index (χ2v) is 4.83. The van der Waals surface area contributed by atoms with Crippen molar-refractivity contribution >= 4 is 23.2 Å². The molecule has 0 radical (unpaired) electrons. The molecular formula is C14H15ClN2O2. The molecule has 0 fully saturated rings. The van der Waals surface area contributed by atoms with E-state index in [0.29, 0.717) is 0 Å². The highest BCUT2D eigenvalue weighted by Crippen LogP contribution is 2.19. The van der Waals surface area contributed by atoms with E-state index in [1.54, 1.807) is 12.1 Å². The zero-order chi connectivity index (χ0) is 13.8. The van der Waals surface area contributed by atoms with Gasteiger partial charge in [-0.15, -0.1) is 0 Å². The number of benzene rings is 1. The van der Waals surface area contributed by atoms with Crippen LogP contribution in [0.25, 0.3) is 0 Å². The van der Waals surface area contributed by atoms with Crippen LogP contribution >= 0.6 is 11.6 Å². The Morgan fingerprint density at radius 3 is 2.63 bits per heavy atom. The van der Waals surface area contributed by atoms with Gasteiger partial charge in [0.05, 0.1) is 0 Å². The average molecular weight is 279 g/mol. The van der Waals surface area contributed by atoms with E-state index in [4.69, 9.17) is 16.0 Å². The lowest BCUT2D eigenvalue weighted by Gasteiger charge is -2.14. The molecule has 0 saturated heterocycles. The standard InChI is InChI=1S/C14H15ClN2O2/c1-17(2)9-10-5-3-4-6-11(10)16-14(18)12-7-8-13(15)19-12/h3-8H,9H2,1-2H3,(H,16,18). The van der Waals surface area contributed by atoms with Crippen molar-refractivity contribution in [3.63, 3.8) is 0 Å². The van der Waals surface area contributed by atoms with Crippen LogP contribution in [0.4, 0.5) is 5.69 Å². The number of hydrogen-bond acceptors (Lipinski definition) is 3. The van der Waals surface area contributed by atoms with Gasteiger partial charge in [0.1, 0.15) is 0 Å². The van der Waals surface area contributed by atoms with Crippen molar-refractivity contribution in [3.05, 3.63) is 52.9 Å². The summed E-state index contributed by atoms with van der Waals surface area (Å²) in [7, 11) is 3.95. The lowest BCUT2D eigenvalue weighted by Crippen LogP contribution is -2.16. The van der Waals surface area contributed by atoms with Crippen LogP contribution in [-0.2, 0) is 6.54 Å². The van der Waals surface area contributed by atoms with Crippen molar-refractivity contribution in [2.45, 2.75) is 6.54 Å². The fraction of sp³-hybridized carbons (Fsp3) is 0.214. The Morgan fingerprint density at radius 2 is 2.00 bits per heavy atom. The van der Waals surface area contributed by atoms with Crippen LogP contribution in [0.2, 0.25) is 5.22 Å². The summed E-state index contributed by atoms with van der Waals surface area (Å²) in [5.74, 6) is -0.109. The van der Waals surface area contributed by atoms with Gasteiger partial charge in [0.25, 0.3) is 5.91 Å². The Hall–Kier alpha value is -1.78. The van der Waals surface area contributed by atoms with Crippen LogP contribution < -0.4 is 5.32 Å². The number of anilines is 1. The van der Waals surface area contributed by atoms with Gasteiger partial charge in [0.15, 0.2) is 11.0 Å². The minimum absolute atomic E-state index is 0.199. The van der Waals surface area contributed by atoms with Crippen molar-refractivity contribution in [1.29, 1.82) is 0 Å². The van der Waals surface area contributed by atoms with E-state index in [1.165, 1.54) is 0 Å². The van der Waals surface area contributed by atoms with Crippen LogP contribution in [0, 0.1) is 0 Å². The van der Waals surface area contributed by atoms with Crippen molar-refractivity contribution in [2.24, 2.45) is 0 Å². The van der Waals surface area contributed by atoms with Crippen molar-refractivity contribution < 1.29 is 9.21 Å². The van der Waals surface area contributed by atoms with E-state index in [1.807, 2.05) is 43.3 Å². The first-order valence-corrected chi connectivity index (χ1v) is 6.23. The molecule has 1 amide bonds. The van der Waals surface area contributed by atoms with E-state index in [2.05, 4.69) is 5.32 Å². The van der Waals surface area contributed by atoms with E-state index >= 15 is 0 Å². The fourth-order valence-corrected chi connectivity index (χ4v) is 1.89. The maximum absolute atomic E-state index is 12.0. The summed E-state index contributed by atoms with van der Waals surface area (Å²) in [5.41, 5.74) is 1.81. The first-order chi connectivity index (χ1) is 9.06. The number of rotatable bonds is 4. The maximum Gasteiger partial charge on any atom is 0.291 e. The van der Waals surface area contributed by atoms with Crippen molar-refractivity contribution in [3.8, 4) is 0 Å². The zero-order valence-corrected chi connectivity index (χ0v) is 11.6. The Morgan fingerprint density at radius 1 is 1.26 bits per heavy atom. The Labute approximate surface area is 117 Å². The Kier molecular flexibility index (Phi) is 4.24. The molecule has 100 valence electrons. The third kappa shape index (κ3) is 3.59. The molecule has 5 heteroatoms. The normalized spacial score (nSPS) is 10.7. The molecular weight excluding hydrogens is 264 g/mol. The number of nitrogens with one attached hydrogen (secondary N) is 1. The van der Waals surface area contributed by atoms with E-state index < -0.39 is 0 Å². The molecule has 0 spiro atoms. The first-order valence-electron chi connectivity index (χ1n) is 5.85. The molecule has 1 aromatic heterocycles. The van der Waals surface area contributed by atoms with Crippen LogP contribution in [0.1, 0.15) is 16.1 Å². The number of amides is 1. The average Bonchev–Trinajstić information content (AvgIpc) is 2.78. The molecule has 0 saturated carbocycles. The van der Waals surface area contributed by atoms with E-state index in [9.17, 15) is 4.79 Å². The topological polar surface area (TPSA) is 45.5 Å². The molecule has 0 bridgehead atoms. The molecule has 2 aromatic rings. The maximum atomic E-state index is 12.0. The van der Waals surface area contributed by atoms with Gasteiger partial charge in [-0.1, -0.05) is 18.2 Å². The molecule has 0 atom stereocenters. The third-order valence-electron chi connectivity index (χ3n) is 2.55. The van der Waals surface area contributed by atoms with Gasteiger partial charge < -0.3 is 14.6 Å². The van der Waals surface area contributed by atoms with Gasteiger partial charge >= 0.3 is 0 Å². The molecule has 0 aliphatic carbocycles. The van der Waals surface area contributed by atoms with E-state index in [-0.39, 0.29) is 16.9 Å². The number of carbonyl (C=O) groups is 1. The van der Waals surface area contributed by atoms with Gasteiger partial charge in [-0.05, 0) is 49.5 Å². The van der Waals surface area contributed by atoms with Gasteiger partial charge in [-0.25, -0.2) is 0 Å². The molecule has 1 N–H and O–H groups in total. The first kappa shape index (κ1) is 13.6. The number of carbonyl (C=O) groups excluding carboxylic acids is 1. The van der Waals surface area contributed by atoms with Crippen molar-refractivity contribution in [1.82, 2.24) is 4.90 Å². The lowest BCUT2D eigenvalue weighted by molar-refractivity contribution is 0.0996. The van der Waals surface area contributed by atoms with Crippen LogP contribution in [0.15, 0.2) is 40.8 Å². The second kappa shape index (κ2) is 5.91. The number of nitrogens with zero attached hydrogens (tertiary/aromatic N) is 1. The highest BCUT2D eigenvalue weighted by Gasteiger charge is 2.12. The Balaban J connectivity index is 2.16. The molecule has 0 aliphatic rings. The minimum atomic E-state index is -0.307. The molecule has 19 heavy (non-hydrogen) atoms. The summed E-state index contributed by atoms with van der Waals surface area (Å²) in [6, 6.07) is 10.8. The lowest BCUT2D eigenvalue weighted by atomic mass is 10.1. The number of hydrogen-bond donors (Lipinski definition) is 1. The summed E-state index contributed by atoms with van der Waals surface area (Å²) in [6.07, 6.45) is 0. The number of para-hydroxylation sites is 1. The molecule has 0 unspecified atom stereocenters. The molecule has 0 aliphatic heterocycles. The largest absolute Gasteiger partial charge is 0.440 e. The summed E-state index contributed by atoms with van der Waals surface area (Å²) in [6.45, 7) is 0.745. The third-order valence-corrected chi connectivity index (χ3v) is 2.75. The van der Waals surface area contributed by atoms with Crippen LogP contribution in [0.5, 0.6) is 0 Å². The van der Waals surface area contributed by atoms with Gasteiger partial charge in [-0.2, -0.15) is 0 Å². The molecule has 1 aromatic carbocycles. The molecule has 1 heterocycles. The molecule has 2 rings (SSSR count). The fourth-order valence-electron chi connectivity index (χ4n) is 1.74. The SMILES string of the molecule is CN(C)Cc1ccccc1NC(=O)c1ccc(Cl)o1. The summed E-state index contributed by atoms with van der Waals surface area (Å²) in [5, 5.41) is 3.03. The minimum Gasteiger partial charge on any atom is -0.440 e. The predicted octanol–water partition coefficient (Wildman–Crippen LogP) is 3.25. The summed E-state index contributed by atoms with van der Waals surface area (Å²) < 4.78 is 5.08. The summed E-state index contributed by atoms with van der Waals surface area (Å²) in [4.78, 5) is 14.0. The number of furan rings is 1. The smallest absolute Gasteiger partial charge is 0.291 e. The highest BCUT2D eigenvalue weighted by atomic mass is 35.5. The second-order valence-electron chi connectivity index (χ2n) is 4.45. The Bertz CT molecular complexity index is 578. The number of halogens is 1. The zero-order valence-electron chi connectivity index (χ0n) is 10.8. The van der Waals surface area contributed by atoms with Gasteiger partial charge in [0.2, 0.25) is 0 Å². The van der Waals surface area contributed by atoms with E-state index in [0.717, 1.165) is 17.8 Å². The van der Waals surface area contributed by atoms with Crippen LogP contribution in [-0.4, -0.2) is 24.9 Å². The van der Waals surface area contributed by atoms with Gasteiger partial charge in [-0.3, -0.25) is 4.79 Å². The monoisotopic (exact) mass is 278 g/mol. The molecule has 4 nitrogen and oxygen atoms in total.